The fourth-order valence-corrected chi connectivity index (χ4v) is 11.3. The molecule has 2 aromatic carbocycles. The minimum atomic E-state index is -0.302. The van der Waals surface area contributed by atoms with Crippen molar-refractivity contribution in [2.24, 2.45) is 25.9 Å². The molecule has 2 atom stereocenters. The summed E-state index contributed by atoms with van der Waals surface area (Å²) in [5, 5.41) is 10.1. The zero-order chi connectivity index (χ0) is 57.9. The van der Waals surface area contributed by atoms with Gasteiger partial charge in [0.05, 0.1) is 113 Å². The standard InChI is InChI=1S/C27H27N7O3.C23H22BrN5O3.C10H17BN2O2/c1-32-13-19(11-29-32)18-2-5-22-21(10-18)26(37-16-17-7-9-36-15-17)31-25(30-22)14-33-24-12-28-8-6-23(24)34(27(33)35)20-3-4-20;24-15-1-4-18-17(9-15)22(32-13-14-6-8-31-12-14)27-21(26-18)11-28-20-10-25-7-5-19(20)29(23(28)30)16-2-3-16;1-9(2)10(3,4)15-11(14-9)8-6-12-13(5)7-8/h2,5-6,8,10-13,17,20H,3-4,7,9,14-16H2,1H3;1,4-5,7,9-10,14,16H,2-3,6,8,11-13H2;6-7H,1-5H3. The molecule has 434 valence electrons. The van der Waals surface area contributed by atoms with Gasteiger partial charge in [0.1, 0.15) is 0 Å². The number of aromatic nitrogens is 14. The van der Waals surface area contributed by atoms with Crippen molar-refractivity contribution in [2.45, 2.75) is 103 Å². The highest BCUT2D eigenvalue weighted by atomic mass is 79.9. The van der Waals surface area contributed by atoms with Crippen molar-refractivity contribution in [1.82, 2.24) is 67.7 Å². The van der Waals surface area contributed by atoms with Crippen molar-refractivity contribution in [1.29, 1.82) is 0 Å². The molecule has 11 heterocycles. The molecule has 3 aliphatic heterocycles. The molecule has 0 N–H and O–H groups in total. The van der Waals surface area contributed by atoms with E-state index in [-0.39, 0.29) is 54.9 Å². The Bertz CT molecular complexity index is 4170. The van der Waals surface area contributed by atoms with E-state index in [1.165, 1.54) is 0 Å². The second-order valence-corrected chi connectivity index (χ2v) is 24.4. The molecule has 2 aliphatic carbocycles. The fourth-order valence-electron chi connectivity index (χ4n) is 11.0. The maximum Gasteiger partial charge on any atom is 0.498 e. The zero-order valence-electron chi connectivity index (χ0n) is 47.9. The molecule has 15 rings (SSSR count). The first-order chi connectivity index (χ1) is 40.6. The van der Waals surface area contributed by atoms with Crippen molar-refractivity contribution in [2.75, 3.05) is 39.6 Å². The Hall–Kier alpha value is -7.64. The van der Waals surface area contributed by atoms with E-state index in [4.69, 9.17) is 48.2 Å². The summed E-state index contributed by atoms with van der Waals surface area (Å²) in [5.74, 6) is 2.82. The van der Waals surface area contributed by atoms with Crippen LogP contribution in [-0.2, 0) is 46.0 Å². The zero-order valence-corrected chi connectivity index (χ0v) is 49.5. The van der Waals surface area contributed by atoms with Crippen LogP contribution in [0.1, 0.15) is 90.0 Å². The Labute approximate surface area is 492 Å². The van der Waals surface area contributed by atoms with E-state index >= 15 is 0 Å². The van der Waals surface area contributed by atoms with Gasteiger partial charge >= 0.3 is 18.5 Å². The van der Waals surface area contributed by atoms with Crippen LogP contribution in [0.15, 0.2) is 112 Å². The lowest BCUT2D eigenvalue weighted by molar-refractivity contribution is 0.00578. The summed E-state index contributed by atoms with van der Waals surface area (Å²) in [6.45, 7) is 12.7. The van der Waals surface area contributed by atoms with Crippen LogP contribution in [0.25, 0.3) is 55.0 Å². The van der Waals surface area contributed by atoms with Crippen molar-refractivity contribution in [3.8, 4) is 22.9 Å². The highest BCUT2D eigenvalue weighted by molar-refractivity contribution is 9.10. The molecule has 2 unspecified atom stereocenters. The smallest absolute Gasteiger partial charge is 0.477 e. The Kier molecular flexibility index (Phi) is 15.0. The molecule has 22 nitrogen and oxygen atoms in total. The number of nitrogens with zero attached hydrogens (tertiary/aromatic N) is 14. The fraction of sp³-hybridized carbons (Fsp3) is 0.433. The van der Waals surface area contributed by atoms with Gasteiger partial charge in [-0.1, -0.05) is 22.0 Å². The summed E-state index contributed by atoms with van der Waals surface area (Å²) in [4.78, 5) is 54.3. The lowest BCUT2D eigenvalue weighted by Gasteiger charge is -2.32. The SMILES string of the molecule is Cn1cc(-c2ccc3nc(Cn4c(=O)n(C5CC5)c5ccncc54)nc(OCC4CCOC4)c3c2)cn1.Cn1cc(B2OC(C)(C)C(C)(C)O2)cn1.O=c1n(Cc2nc(OCC3CCOC3)c3cc(Br)ccc3n2)c2cnccc2n1C1CC1. The molecule has 10 aromatic rings. The molecule has 24 heteroatoms. The second kappa shape index (κ2) is 22.7. The lowest BCUT2D eigenvalue weighted by atomic mass is 9.82. The number of imidazole rings is 2. The second-order valence-electron chi connectivity index (χ2n) is 23.5. The van der Waals surface area contributed by atoms with Gasteiger partial charge in [0.15, 0.2) is 11.6 Å². The van der Waals surface area contributed by atoms with Gasteiger partial charge in [-0.2, -0.15) is 20.2 Å². The van der Waals surface area contributed by atoms with Gasteiger partial charge in [-0.3, -0.25) is 37.6 Å². The predicted octanol–water partition coefficient (Wildman–Crippen LogP) is 7.76. The number of fused-ring (bicyclic) bond motifs is 4. The molecule has 2 saturated carbocycles. The third-order valence-corrected chi connectivity index (χ3v) is 17.1. The summed E-state index contributed by atoms with van der Waals surface area (Å²) in [6, 6.07) is 16.3. The first-order valence-electron chi connectivity index (χ1n) is 28.7. The van der Waals surface area contributed by atoms with E-state index in [2.05, 4.69) is 36.1 Å². The molecule has 3 saturated heterocycles. The topological polar surface area (TPSA) is 222 Å². The van der Waals surface area contributed by atoms with Crippen LogP contribution >= 0.6 is 15.9 Å². The van der Waals surface area contributed by atoms with Gasteiger partial charge in [0, 0.05) is 97.7 Å². The summed E-state index contributed by atoms with van der Waals surface area (Å²) >= 11 is 3.53. The number of aryl methyl sites for hydroxylation is 2. The maximum atomic E-state index is 13.4. The predicted molar refractivity (Wildman–Crippen MR) is 319 cm³/mol. The van der Waals surface area contributed by atoms with E-state index in [0.717, 1.165) is 117 Å². The summed E-state index contributed by atoms with van der Waals surface area (Å²) in [5.41, 5.74) is 7.30. The van der Waals surface area contributed by atoms with Crippen LogP contribution in [0.3, 0.4) is 0 Å². The van der Waals surface area contributed by atoms with Gasteiger partial charge in [-0.15, -0.1) is 0 Å². The first kappa shape index (κ1) is 55.5. The number of hydrogen-bond donors (Lipinski definition) is 0. The van der Waals surface area contributed by atoms with Crippen LogP contribution in [0.2, 0.25) is 0 Å². The molecule has 0 amide bonds. The highest BCUT2D eigenvalue weighted by Gasteiger charge is 2.52. The Morgan fingerprint density at radius 2 is 1.11 bits per heavy atom. The molecule has 0 spiro atoms. The first-order valence-corrected chi connectivity index (χ1v) is 29.5. The molecular weight excluding hydrogens is 1140 g/mol. The third-order valence-electron chi connectivity index (χ3n) is 16.6. The minimum absolute atomic E-state index is 0.0411. The molecular formula is C60H66BBrN14O8. The minimum Gasteiger partial charge on any atom is -0.477 e. The molecule has 0 bridgehead atoms. The van der Waals surface area contributed by atoms with Crippen molar-refractivity contribution >= 4 is 72.4 Å². The summed E-state index contributed by atoms with van der Waals surface area (Å²) in [7, 11) is 3.48. The number of rotatable bonds is 14. The van der Waals surface area contributed by atoms with Gasteiger partial charge in [0.2, 0.25) is 11.8 Å². The van der Waals surface area contributed by atoms with Gasteiger partial charge in [-0.05, 0) is 114 Å². The highest BCUT2D eigenvalue weighted by Crippen LogP contribution is 2.39. The normalized spacial score (nSPS) is 19.1. The number of hydrogen-bond acceptors (Lipinski definition) is 16. The number of benzene rings is 2. The van der Waals surface area contributed by atoms with Gasteiger partial charge in [0.25, 0.3) is 0 Å². The molecule has 5 aliphatic rings. The number of pyridine rings is 2. The average molecular weight is 1200 g/mol. The van der Waals surface area contributed by atoms with Crippen LogP contribution in [-0.4, -0.2) is 126 Å². The van der Waals surface area contributed by atoms with E-state index in [1.54, 1.807) is 49.5 Å². The van der Waals surface area contributed by atoms with Crippen molar-refractivity contribution in [3.05, 3.63) is 135 Å². The van der Waals surface area contributed by atoms with E-state index in [0.29, 0.717) is 61.7 Å². The summed E-state index contributed by atoms with van der Waals surface area (Å²) in [6.07, 6.45) is 20.5. The van der Waals surface area contributed by atoms with E-state index in [1.807, 2.05) is 118 Å². The van der Waals surface area contributed by atoms with Crippen molar-refractivity contribution < 1.29 is 28.3 Å². The number of ether oxygens (including phenoxy) is 4. The van der Waals surface area contributed by atoms with E-state index in [9.17, 15) is 9.59 Å². The molecule has 5 fully saturated rings. The summed E-state index contributed by atoms with van der Waals surface area (Å²) < 4.78 is 46.9. The number of halogens is 1. The van der Waals surface area contributed by atoms with Crippen LogP contribution in [0.4, 0.5) is 0 Å². The Balaban J connectivity index is 0.000000127. The third kappa shape index (κ3) is 11.4. The largest absolute Gasteiger partial charge is 0.498 e. The quantitative estimate of drug-likeness (QED) is 0.0949. The van der Waals surface area contributed by atoms with Gasteiger partial charge in [-0.25, -0.2) is 19.6 Å². The lowest BCUT2D eigenvalue weighted by Crippen LogP contribution is -2.41. The van der Waals surface area contributed by atoms with Crippen LogP contribution in [0.5, 0.6) is 11.8 Å². The molecule has 84 heavy (non-hydrogen) atoms. The van der Waals surface area contributed by atoms with Crippen LogP contribution < -0.4 is 26.3 Å². The monoisotopic (exact) mass is 1200 g/mol. The molecule has 8 aromatic heterocycles. The molecule has 0 radical (unpaired) electrons. The van der Waals surface area contributed by atoms with E-state index < -0.39 is 0 Å². The Morgan fingerprint density at radius 1 is 0.595 bits per heavy atom. The van der Waals surface area contributed by atoms with Gasteiger partial charge < -0.3 is 28.3 Å². The average Bonchev–Trinajstić information content (AvgIpc) is 3.41. The maximum absolute atomic E-state index is 13.4. The van der Waals surface area contributed by atoms with Crippen molar-refractivity contribution in [3.63, 3.8) is 0 Å². The Morgan fingerprint density at radius 3 is 1.58 bits per heavy atom. The van der Waals surface area contributed by atoms with Crippen LogP contribution in [0, 0.1) is 11.8 Å².